The number of aliphatic hydroxyl groups excluding tert-OH is 1. The SMILES string of the molecule is C=C1C(O)CC[C@]2(C)CC[C@H]3C(=C)C(=O)O[C@@H]3[C@@H]12. The van der Waals surface area contributed by atoms with E-state index in [-0.39, 0.29) is 29.3 Å². The summed E-state index contributed by atoms with van der Waals surface area (Å²) in [5.41, 5.74) is 1.57. The first-order valence-electron chi connectivity index (χ1n) is 6.70. The molecule has 0 amide bonds. The van der Waals surface area contributed by atoms with Gasteiger partial charge in [-0.3, -0.25) is 0 Å². The van der Waals surface area contributed by atoms with Crippen LogP contribution in [0.5, 0.6) is 0 Å². The van der Waals surface area contributed by atoms with Crippen LogP contribution >= 0.6 is 0 Å². The summed E-state index contributed by atoms with van der Waals surface area (Å²) in [6.07, 6.45) is 3.18. The molecule has 1 unspecified atom stereocenters. The van der Waals surface area contributed by atoms with Crippen molar-refractivity contribution >= 4 is 5.97 Å². The molecular weight excluding hydrogens is 228 g/mol. The van der Waals surface area contributed by atoms with Gasteiger partial charge in [0.25, 0.3) is 0 Å². The Morgan fingerprint density at radius 3 is 2.72 bits per heavy atom. The van der Waals surface area contributed by atoms with Crippen molar-refractivity contribution in [2.45, 2.75) is 44.8 Å². The lowest BCUT2D eigenvalue weighted by atomic mass is 9.55. The Labute approximate surface area is 108 Å². The van der Waals surface area contributed by atoms with E-state index in [1.807, 2.05) is 0 Å². The molecule has 3 fully saturated rings. The first kappa shape index (κ1) is 12.0. The number of aliphatic hydroxyl groups is 1. The normalized spacial score (nSPS) is 47.6. The number of carbonyl (C=O) groups is 1. The third kappa shape index (κ3) is 1.43. The van der Waals surface area contributed by atoms with Crippen LogP contribution in [0, 0.1) is 17.3 Å². The van der Waals surface area contributed by atoms with E-state index in [2.05, 4.69) is 20.1 Å². The van der Waals surface area contributed by atoms with Gasteiger partial charge in [0.15, 0.2) is 0 Å². The Bertz CT molecular complexity index is 439. The molecule has 5 atom stereocenters. The van der Waals surface area contributed by atoms with Gasteiger partial charge in [0.1, 0.15) is 6.10 Å². The maximum Gasteiger partial charge on any atom is 0.334 e. The zero-order valence-corrected chi connectivity index (χ0v) is 10.8. The average molecular weight is 248 g/mol. The van der Waals surface area contributed by atoms with E-state index in [1.54, 1.807) is 0 Å². The van der Waals surface area contributed by atoms with Crippen LogP contribution in [0.4, 0.5) is 0 Å². The molecule has 3 rings (SSSR count). The maximum absolute atomic E-state index is 11.7. The van der Waals surface area contributed by atoms with Gasteiger partial charge in [0.05, 0.1) is 6.10 Å². The largest absolute Gasteiger partial charge is 0.458 e. The number of hydrogen-bond acceptors (Lipinski definition) is 3. The summed E-state index contributed by atoms with van der Waals surface area (Å²) in [5.74, 6) is -0.0528. The maximum atomic E-state index is 11.7. The minimum Gasteiger partial charge on any atom is -0.458 e. The number of fused-ring (bicyclic) bond motifs is 3. The number of esters is 1. The monoisotopic (exact) mass is 248 g/mol. The lowest BCUT2D eigenvalue weighted by Crippen LogP contribution is -2.49. The van der Waals surface area contributed by atoms with Crippen molar-refractivity contribution in [3.63, 3.8) is 0 Å². The van der Waals surface area contributed by atoms with Crippen LogP contribution in [0.1, 0.15) is 32.6 Å². The van der Waals surface area contributed by atoms with E-state index in [9.17, 15) is 9.90 Å². The second-order valence-corrected chi connectivity index (χ2v) is 6.30. The van der Waals surface area contributed by atoms with Crippen molar-refractivity contribution in [1.82, 2.24) is 0 Å². The zero-order chi connectivity index (χ0) is 13.1. The van der Waals surface area contributed by atoms with Gasteiger partial charge in [-0.25, -0.2) is 4.79 Å². The molecule has 98 valence electrons. The molecule has 3 heteroatoms. The fourth-order valence-corrected chi connectivity index (χ4v) is 4.11. The molecular formula is C15H20O3. The van der Waals surface area contributed by atoms with E-state index < -0.39 is 6.10 Å². The Morgan fingerprint density at radius 1 is 1.33 bits per heavy atom. The molecule has 0 radical (unpaired) electrons. The van der Waals surface area contributed by atoms with Crippen LogP contribution in [0.25, 0.3) is 0 Å². The summed E-state index contributed by atoms with van der Waals surface area (Å²) in [5, 5.41) is 10.0. The first-order chi connectivity index (χ1) is 8.44. The molecule has 18 heavy (non-hydrogen) atoms. The third-order valence-corrected chi connectivity index (χ3v) is 5.27. The summed E-state index contributed by atoms with van der Waals surface area (Å²) >= 11 is 0. The summed E-state index contributed by atoms with van der Waals surface area (Å²) in [6, 6.07) is 0. The molecule has 0 aromatic rings. The van der Waals surface area contributed by atoms with Crippen LogP contribution in [0.2, 0.25) is 0 Å². The molecule has 2 aliphatic carbocycles. The van der Waals surface area contributed by atoms with Gasteiger partial charge in [-0.2, -0.15) is 0 Å². The van der Waals surface area contributed by atoms with Crippen molar-refractivity contribution < 1.29 is 14.6 Å². The van der Waals surface area contributed by atoms with Crippen LogP contribution in [-0.4, -0.2) is 23.3 Å². The van der Waals surface area contributed by atoms with Gasteiger partial charge in [0, 0.05) is 17.4 Å². The van der Waals surface area contributed by atoms with Crippen LogP contribution in [0.3, 0.4) is 0 Å². The molecule has 1 heterocycles. The van der Waals surface area contributed by atoms with Gasteiger partial charge in [-0.15, -0.1) is 0 Å². The van der Waals surface area contributed by atoms with Crippen LogP contribution < -0.4 is 0 Å². The van der Waals surface area contributed by atoms with Crippen molar-refractivity contribution in [1.29, 1.82) is 0 Å². The molecule has 3 nitrogen and oxygen atoms in total. The lowest BCUT2D eigenvalue weighted by Gasteiger charge is -2.51. The summed E-state index contributed by atoms with van der Waals surface area (Å²) in [6.45, 7) is 10.2. The molecule has 0 aromatic carbocycles. The lowest BCUT2D eigenvalue weighted by molar-refractivity contribution is -0.146. The first-order valence-corrected chi connectivity index (χ1v) is 6.70. The minimum absolute atomic E-state index is 0.0863. The summed E-state index contributed by atoms with van der Waals surface area (Å²) < 4.78 is 5.52. The Kier molecular flexibility index (Phi) is 2.46. The second-order valence-electron chi connectivity index (χ2n) is 6.30. The smallest absolute Gasteiger partial charge is 0.334 e. The van der Waals surface area contributed by atoms with Gasteiger partial charge < -0.3 is 9.84 Å². The Balaban J connectivity index is 1.98. The quantitative estimate of drug-likeness (QED) is 0.406. The van der Waals surface area contributed by atoms with Gasteiger partial charge in [-0.1, -0.05) is 20.1 Å². The molecule has 0 aromatic heterocycles. The second kappa shape index (κ2) is 3.70. The summed E-state index contributed by atoms with van der Waals surface area (Å²) in [4.78, 5) is 11.7. The van der Waals surface area contributed by atoms with Gasteiger partial charge >= 0.3 is 5.97 Å². The van der Waals surface area contributed by atoms with Crippen molar-refractivity contribution in [2.75, 3.05) is 0 Å². The predicted octanol–water partition coefficient (Wildman–Crippen LogP) is 2.21. The van der Waals surface area contributed by atoms with E-state index in [4.69, 9.17) is 4.74 Å². The fraction of sp³-hybridized carbons (Fsp3) is 0.667. The molecule has 0 spiro atoms. The highest BCUT2D eigenvalue weighted by Crippen LogP contribution is 2.57. The van der Waals surface area contributed by atoms with E-state index in [1.165, 1.54) is 0 Å². The topological polar surface area (TPSA) is 46.5 Å². The molecule has 1 aliphatic heterocycles. The highest BCUT2D eigenvalue weighted by Gasteiger charge is 2.56. The van der Waals surface area contributed by atoms with Gasteiger partial charge in [0.2, 0.25) is 0 Å². The number of hydrogen-bond donors (Lipinski definition) is 1. The predicted molar refractivity (Wildman–Crippen MR) is 67.7 cm³/mol. The Morgan fingerprint density at radius 2 is 2.00 bits per heavy atom. The zero-order valence-electron chi connectivity index (χ0n) is 10.8. The Hall–Kier alpha value is -1.09. The molecule has 1 N–H and O–H groups in total. The van der Waals surface area contributed by atoms with E-state index in [0.717, 1.165) is 31.3 Å². The summed E-state index contributed by atoms with van der Waals surface area (Å²) in [7, 11) is 0. The molecule has 0 bridgehead atoms. The van der Waals surface area contributed by atoms with Crippen LogP contribution in [-0.2, 0) is 9.53 Å². The molecule has 3 aliphatic rings. The molecule has 2 saturated carbocycles. The van der Waals surface area contributed by atoms with Gasteiger partial charge in [-0.05, 0) is 36.7 Å². The van der Waals surface area contributed by atoms with Crippen molar-refractivity contribution in [3.05, 3.63) is 24.3 Å². The number of ether oxygens (including phenoxy) is 1. The fourth-order valence-electron chi connectivity index (χ4n) is 4.11. The third-order valence-electron chi connectivity index (χ3n) is 5.27. The molecule has 1 saturated heterocycles. The van der Waals surface area contributed by atoms with Crippen molar-refractivity contribution in [3.8, 4) is 0 Å². The standard InChI is InChI=1S/C15H20O3/c1-8-10-4-6-15(3)7-5-11(16)9(2)12(15)13(10)18-14(8)17/h10-13,16H,1-2,4-7H2,3H3/t10-,11?,12+,13-,15-/m0/s1. The van der Waals surface area contributed by atoms with Crippen molar-refractivity contribution in [2.24, 2.45) is 17.3 Å². The van der Waals surface area contributed by atoms with E-state index in [0.29, 0.717) is 5.57 Å². The van der Waals surface area contributed by atoms with E-state index >= 15 is 0 Å². The average Bonchev–Trinajstić information content (AvgIpc) is 2.60. The highest BCUT2D eigenvalue weighted by atomic mass is 16.6. The number of carbonyl (C=O) groups excluding carboxylic acids is 1. The number of rotatable bonds is 0. The minimum atomic E-state index is -0.450. The highest BCUT2D eigenvalue weighted by molar-refractivity contribution is 5.91. The van der Waals surface area contributed by atoms with Crippen LogP contribution in [0.15, 0.2) is 24.3 Å².